The van der Waals surface area contributed by atoms with Gasteiger partial charge in [0, 0.05) is 30.7 Å². The van der Waals surface area contributed by atoms with Gasteiger partial charge in [-0.2, -0.15) is 13.2 Å². The summed E-state index contributed by atoms with van der Waals surface area (Å²) < 4.78 is 47.7. The second-order valence-corrected chi connectivity index (χ2v) is 12.0. The molecule has 3 amide bonds. The third-order valence-corrected chi connectivity index (χ3v) is 9.05. The number of nitrogens with one attached hydrogen (secondary N) is 2. The summed E-state index contributed by atoms with van der Waals surface area (Å²) in [6.07, 6.45) is -0.105. The number of carbonyl (C=O) groups is 3. The van der Waals surface area contributed by atoms with Crippen LogP contribution in [0.2, 0.25) is 0 Å². The highest BCUT2D eigenvalue weighted by Gasteiger charge is 2.42. The topological polar surface area (TPSA) is 104 Å². The van der Waals surface area contributed by atoms with Gasteiger partial charge in [-0.05, 0) is 81.0 Å². The molecule has 12 heteroatoms. The minimum Gasteiger partial charge on any atom is -0.381 e. The highest BCUT2D eigenvalue weighted by Crippen LogP contribution is 2.45. The molecule has 2 atom stereocenters. The number of hydrogen-bond acceptors (Lipinski definition) is 6. The SMILES string of the molecule is CNC(C)C(=O)NC1CN(C(=O)C2CCOCC2)c2cc(C(F)(F)F)ccc2N(Cc2c(C3CC3)cnc3ccccc23)C1=O. The van der Waals surface area contributed by atoms with Crippen LogP contribution in [0.1, 0.15) is 55.2 Å². The molecule has 45 heavy (non-hydrogen) atoms. The number of carbonyl (C=O) groups excluding carboxylic acids is 3. The van der Waals surface area contributed by atoms with Crippen LogP contribution in [0, 0.1) is 5.92 Å². The summed E-state index contributed by atoms with van der Waals surface area (Å²) in [5.74, 6) is -1.62. The molecule has 6 rings (SSSR count). The lowest BCUT2D eigenvalue weighted by Crippen LogP contribution is -2.56. The Morgan fingerprint density at radius 2 is 1.80 bits per heavy atom. The summed E-state index contributed by atoms with van der Waals surface area (Å²) in [6.45, 7) is 2.05. The Balaban J connectivity index is 1.51. The zero-order chi connectivity index (χ0) is 31.9. The normalized spacial score (nSPS) is 20.1. The van der Waals surface area contributed by atoms with Crippen molar-refractivity contribution in [2.24, 2.45) is 5.92 Å². The number of rotatable bonds is 7. The molecule has 1 saturated heterocycles. The number of pyridine rings is 1. The summed E-state index contributed by atoms with van der Waals surface area (Å²) in [5, 5.41) is 6.47. The molecule has 9 nitrogen and oxygen atoms in total. The zero-order valence-corrected chi connectivity index (χ0v) is 25.2. The first-order valence-electron chi connectivity index (χ1n) is 15.3. The van der Waals surface area contributed by atoms with Gasteiger partial charge in [-0.1, -0.05) is 18.2 Å². The van der Waals surface area contributed by atoms with Crippen LogP contribution < -0.4 is 20.4 Å². The van der Waals surface area contributed by atoms with Crippen molar-refractivity contribution in [1.29, 1.82) is 0 Å². The molecule has 2 aliphatic heterocycles. The molecular weight excluding hydrogens is 587 g/mol. The Hall–Kier alpha value is -4.03. The number of nitrogens with zero attached hydrogens (tertiary/aromatic N) is 3. The van der Waals surface area contributed by atoms with E-state index in [4.69, 9.17) is 4.74 Å². The number of aromatic nitrogens is 1. The quantitative estimate of drug-likeness (QED) is 0.401. The van der Waals surface area contributed by atoms with Crippen LogP contribution in [0.3, 0.4) is 0 Å². The monoisotopic (exact) mass is 623 g/mol. The molecule has 2 fully saturated rings. The summed E-state index contributed by atoms with van der Waals surface area (Å²) in [4.78, 5) is 49.0. The number of ether oxygens (including phenoxy) is 1. The Kier molecular flexibility index (Phi) is 8.53. The van der Waals surface area contributed by atoms with Gasteiger partial charge in [-0.25, -0.2) is 0 Å². The Morgan fingerprint density at radius 3 is 2.49 bits per heavy atom. The number of hydrogen-bond donors (Lipinski definition) is 2. The van der Waals surface area contributed by atoms with Gasteiger partial charge >= 0.3 is 6.18 Å². The highest BCUT2D eigenvalue weighted by atomic mass is 19.4. The van der Waals surface area contributed by atoms with Crippen LogP contribution in [0.25, 0.3) is 10.9 Å². The minimum atomic E-state index is -4.68. The lowest BCUT2D eigenvalue weighted by Gasteiger charge is -2.31. The molecule has 1 saturated carbocycles. The van der Waals surface area contributed by atoms with Crippen molar-refractivity contribution in [3.63, 3.8) is 0 Å². The molecule has 2 aromatic carbocycles. The molecule has 238 valence electrons. The number of halogens is 3. The number of likely N-dealkylation sites (N-methyl/N-ethyl adjacent to an activating group) is 1. The molecule has 3 heterocycles. The first-order chi connectivity index (χ1) is 21.6. The third-order valence-electron chi connectivity index (χ3n) is 9.05. The van der Waals surface area contributed by atoms with Crippen LogP contribution in [0.5, 0.6) is 0 Å². The van der Waals surface area contributed by atoms with E-state index in [1.807, 2.05) is 30.5 Å². The second kappa shape index (κ2) is 12.4. The molecule has 0 radical (unpaired) electrons. The van der Waals surface area contributed by atoms with E-state index in [2.05, 4.69) is 15.6 Å². The van der Waals surface area contributed by atoms with Crippen molar-refractivity contribution < 1.29 is 32.3 Å². The lowest BCUT2D eigenvalue weighted by molar-refractivity contribution is -0.137. The number of para-hydroxylation sites is 1. The van der Waals surface area contributed by atoms with E-state index >= 15 is 0 Å². The predicted octanol–water partition coefficient (Wildman–Crippen LogP) is 4.53. The molecule has 3 aromatic rings. The summed E-state index contributed by atoms with van der Waals surface area (Å²) >= 11 is 0. The molecular formula is C33H36F3N5O4. The van der Waals surface area contributed by atoms with Crippen LogP contribution in [0.15, 0.2) is 48.7 Å². The summed E-state index contributed by atoms with van der Waals surface area (Å²) in [5.41, 5.74) is 1.79. The molecule has 1 aromatic heterocycles. The van der Waals surface area contributed by atoms with Gasteiger partial charge in [0.05, 0.1) is 41.6 Å². The Morgan fingerprint density at radius 1 is 1.07 bits per heavy atom. The highest BCUT2D eigenvalue weighted by molar-refractivity contribution is 6.09. The van der Waals surface area contributed by atoms with E-state index < -0.39 is 47.5 Å². The average Bonchev–Trinajstić information content (AvgIpc) is 3.90. The van der Waals surface area contributed by atoms with Crippen LogP contribution in [-0.4, -0.2) is 61.6 Å². The van der Waals surface area contributed by atoms with Crippen molar-refractivity contribution in [2.75, 3.05) is 36.6 Å². The fraction of sp³-hybridized carbons (Fsp3) is 0.455. The van der Waals surface area contributed by atoms with Gasteiger partial charge in [-0.3, -0.25) is 19.4 Å². The van der Waals surface area contributed by atoms with Crippen LogP contribution in [-0.2, 0) is 31.8 Å². The minimum absolute atomic E-state index is 0.0144. The maximum Gasteiger partial charge on any atom is 0.416 e. The van der Waals surface area contributed by atoms with E-state index in [0.717, 1.165) is 47.0 Å². The lowest BCUT2D eigenvalue weighted by atomic mass is 9.97. The third kappa shape index (κ3) is 6.26. The predicted molar refractivity (Wildman–Crippen MR) is 163 cm³/mol. The molecule has 2 N–H and O–H groups in total. The molecule has 0 bridgehead atoms. The maximum absolute atomic E-state index is 14.5. The van der Waals surface area contributed by atoms with Crippen molar-refractivity contribution >= 4 is 40.0 Å². The number of benzene rings is 2. The van der Waals surface area contributed by atoms with E-state index in [1.165, 1.54) is 15.9 Å². The van der Waals surface area contributed by atoms with Gasteiger partial charge in [-0.15, -0.1) is 0 Å². The van der Waals surface area contributed by atoms with Crippen molar-refractivity contribution in [1.82, 2.24) is 15.6 Å². The summed E-state index contributed by atoms with van der Waals surface area (Å²) in [7, 11) is 1.61. The average molecular weight is 624 g/mol. The zero-order valence-electron chi connectivity index (χ0n) is 25.2. The standard InChI is InChI=1S/C33H36F3N5O4/c1-19(37-2)30(42)39-27-18-41(31(43)21-11-13-45-14-12-21)29-15-22(33(34,35)36)9-10-28(29)40(32(27)44)17-25-23-5-3-4-6-26(23)38-16-24(25)20-7-8-20/h3-6,9-10,15-16,19-21,27,37H,7-8,11-14,17-18H2,1-2H3,(H,39,42). The van der Waals surface area contributed by atoms with E-state index in [1.54, 1.807) is 14.0 Å². The smallest absolute Gasteiger partial charge is 0.381 e. The van der Waals surface area contributed by atoms with Crippen LogP contribution >= 0.6 is 0 Å². The molecule has 3 aliphatic rings. The van der Waals surface area contributed by atoms with Crippen molar-refractivity contribution in [2.45, 2.75) is 63.3 Å². The van der Waals surface area contributed by atoms with Crippen molar-refractivity contribution in [3.05, 3.63) is 65.4 Å². The Labute approximate surface area is 259 Å². The fourth-order valence-corrected chi connectivity index (χ4v) is 6.18. The van der Waals surface area contributed by atoms with Gasteiger partial charge in [0.25, 0.3) is 5.91 Å². The molecule has 2 unspecified atom stereocenters. The van der Waals surface area contributed by atoms with Gasteiger partial charge < -0.3 is 25.2 Å². The van der Waals surface area contributed by atoms with E-state index in [-0.39, 0.29) is 30.4 Å². The summed E-state index contributed by atoms with van der Waals surface area (Å²) in [6, 6.07) is 8.83. The van der Waals surface area contributed by atoms with E-state index in [9.17, 15) is 27.6 Å². The first kappa shape index (κ1) is 31.0. The van der Waals surface area contributed by atoms with E-state index in [0.29, 0.717) is 26.1 Å². The Bertz CT molecular complexity index is 1620. The number of amides is 3. The maximum atomic E-state index is 14.5. The van der Waals surface area contributed by atoms with Gasteiger partial charge in [0.15, 0.2) is 0 Å². The number of anilines is 2. The second-order valence-electron chi connectivity index (χ2n) is 12.0. The fourth-order valence-electron chi connectivity index (χ4n) is 6.18. The van der Waals surface area contributed by atoms with Gasteiger partial charge in [0.1, 0.15) is 6.04 Å². The van der Waals surface area contributed by atoms with Crippen molar-refractivity contribution in [3.8, 4) is 0 Å². The first-order valence-corrected chi connectivity index (χ1v) is 15.3. The van der Waals surface area contributed by atoms with Crippen LogP contribution in [0.4, 0.5) is 24.5 Å². The molecule has 0 spiro atoms. The van der Waals surface area contributed by atoms with Gasteiger partial charge in [0.2, 0.25) is 11.8 Å². The number of fused-ring (bicyclic) bond motifs is 2. The number of alkyl halides is 3. The molecule has 1 aliphatic carbocycles. The largest absolute Gasteiger partial charge is 0.416 e.